The molecule has 128 valence electrons. The van der Waals surface area contributed by atoms with E-state index in [0.717, 1.165) is 0 Å². The van der Waals surface area contributed by atoms with Gasteiger partial charge in [-0.2, -0.15) is 5.10 Å². The minimum absolute atomic E-state index is 0.0452. The Hall–Kier alpha value is -2.45. The van der Waals surface area contributed by atoms with Gasteiger partial charge in [0.2, 0.25) is 5.91 Å². The molecule has 1 aromatic carbocycles. The maximum atomic E-state index is 11.2. The second-order valence-electron chi connectivity index (χ2n) is 6.01. The maximum absolute atomic E-state index is 11.2. The molecule has 1 fully saturated rings. The number of hydrogen-bond acceptors (Lipinski definition) is 6. The summed E-state index contributed by atoms with van der Waals surface area (Å²) in [6.07, 6.45) is 0.490. The number of carbonyl (C=O) groups excluding carboxylic acids is 1. The van der Waals surface area contributed by atoms with Gasteiger partial charge in [-0.05, 0) is 25.0 Å². The number of nitrogens with two attached hydrogens (primary N) is 2. The van der Waals surface area contributed by atoms with Gasteiger partial charge in [0.15, 0.2) is 5.82 Å². The lowest BCUT2D eigenvalue weighted by molar-refractivity contribution is -0.117. The van der Waals surface area contributed by atoms with Crippen molar-refractivity contribution in [3.05, 3.63) is 35.9 Å². The second-order valence-corrected chi connectivity index (χ2v) is 6.01. The molecule has 1 aromatic heterocycles. The van der Waals surface area contributed by atoms with Crippen LogP contribution in [0.4, 0.5) is 0 Å². The number of nitrogens with zero attached hydrogens (tertiary/aromatic N) is 3. The molecule has 3 rings (SSSR count). The average Bonchev–Trinajstić information content (AvgIpc) is 3.10. The largest absolute Gasteiger partial charge is 0.494 e. The lowest BCUT2D eigenvalue weighted by atomic mass is 10.1. The van der Waals surface area contributed by atoms with Crippen LogP contribution in [-0.4, -0.2) is 45.0 Å². The number of aliphatic hydroxyl groups is 1. The molecule has 1 saturated carbocycles. The number of amides is 1. The number of benzene rings is 1. The molecule has 3 atom stereocenters. The number of aliphatic hydroxyl groups excluding tert-OH is 1. The van der Waals surface area contributed by atoms with Crippen LogP contribution in [0.15, 0.2) is 24.3 Å². The third kappa shape index (κ3) is 3.10. The van der Waals surface area contributed by atoms with E-state index in [1.165, 1.54) is 0 Å². The van der Waals surface area contributed by atoms with Crippen molar-refractivity contribution >= 4 is 5.91 Å². The third-order valence-electron chi connectivity index (χ3n) is 4.26. The van der Waals surface area contributed by atoms with Crippen LogP contribution in [0, 0.1) is 0 Å². The van der Waals surface area contributed by atoms with E-state index in [-0.39, 0.29) is 18.4 Å². The quantitative estimate of drug-likeness (QED) is 0.700. The van der Waals surface area contributed by atoms with Crippen molar-refractivity contribution in [3.63, 3.8) is 0 Å². The standard InChI is InChI=1S/C16H21N5O3/c1-24-13-5-3-2-4-11(13)21-16(9-6-10(17)12(22)7-9)19-15(20-21)8-14(18)23/h2-5,9-10,12,22H,6-8,17H2,1H3,(H2,18,23)/t9-,10-,12-/m0/s1. The molecule has 0 spiro atoms. The molecular formula is C16H21N5O3. The van der Waals surface area contributed by atoms with E-state index in [1.54, 1.807) is 11.8 Å². The minimum atomic E-state index is -0.572. The average molecular weight is 331 g/mol. The number of carbonyl (C=O) groups is 1. The predicted octanol–water partition coefficient (Wildman–Crippen LogP) is -0.131. The van der Waals surface area contributed by atoms with E-state index >= 15 is 0 Å². The number of aromatic nitrogens is 3. The first-order valence-corrected chi connectivity index (χ1v) is 7.80. The van der Waals surface area contributed by atoms with E-state index in [1.807, 2.05) is 24.3 Å². The summed E-state index contributed by atoms with van der Waals surface area (Å²) < 4.78 is 7.05. The fraction of sp³-hybridized carbons (Fsp3) is 0.438. The first kappa shape index (κ1) is 16.4. The molecule has 1 aliphatic carbocycles. The van der Waals surface area contributed by atoms with Gasteiger partial charge in [0.25, 0.3) is 0 Å². The van der Waals surface area contributed by atoms with Gasteiger partial charge in [0.1, 0.15) is 17.3 Å². The molecule has 8 nitrogen and oxygen atoms in total. The van der Waals surface area contributed by atoms with Gasteiger partial charge in [-0.15, -0.1) is 0 Å². The molecule has 0 bridgehead atoms. The smallest absolute Gasteiger partial charge is 0.225 e. The molecule has 1 heterocycles. The lowest BCUT2D eigenvalue weighted by Crippen LogP contribution is -2.28. The Kier molecular flexibility index (Phi) is 4.50. The molecule has 0 radical (unpaired) electrons. The van der Waals surface area contributed by atoms with E-state index in [0.29, 0.717) is 35.9 Å². The van der Waals surface area contributed by atoms with Gasteiger partial charge in [-0.1, -0.05) is 12.1 Å². The molecule has 5 N–H and O–H groups in total. The summed E-state index contributed by atoms with van der Waals surface area (Å²) in [5.41, 5.74) is 11.9. The Morgan fingerprint density at radius 3 is 2.79 bits per heavy atom. The van der Waals surface area contributed by atoms with Crippen molar-refractivity contribution in [1.29, 1.82) is 0 Å². The van der Waals surface area contributed by atoms with Crippen molar-refractivity contribution in [2.24, 2.45) is 11.5 Å². The number of para-hydroxylation sites is 2. The number of ether oxygens (including phenoxy) is 1. The fourth-order valence-corrected chi connectivity index (χ4v) is 3.10. The van der Waals surface area contributed by atoms with Crippen molar-refractivity contribution < 1.29 is 14.6 Å². The molecule has 0 unspecified atom stereocenters. The van der Waals surface area contributed by atoms with E-state index < -0.39 is 12.0 Å². The summed E-state index contributed by atoms with van der Waals surface area (Å²) in [7, 11) is 1.58. The van der Waals surface area contributed by atoms with Crippen molar-refractivity contribution in [1.82, 2.24) is 14.8 Å². The van der Waals surface area contributed by atoms with Crippen LogP contribution < -0.4 is 16.2 Å². The summed E-state index contributed by atoms with van der Waals surface area (Å²) in [5.74, 6) is 1.09. The molecule has 1 amide bonds. The highest BCUT2D eigenvalue weighted by Crippen LogP contribution is 2.35. The maximum Gasteiger partial charge on any atom is 0.225 e. The Morgan fingerprint density at radius 2 is 2.17 bits per heavy atom. The molecule has 2 aromatic rings. The number of primary amides is 1. The third-order valence-corrected chi connectivity index (χ3v) is 4.26. The highest BCUT2D eigenvalue weighted by molar-refractivity contribution is 5.75. The van der Waals surface area contributed by atoms with Crippen LogP contribution >= 0.6 is 0 Å². The van der Waals surface area contributed by atoms with Crippen LogP contribution in [0.3, 0.4) is 0 Å². The van der Waals surface area contributed by atoms with E-state index in [4.69, 9.17) is 16.2 Å². The molecule has 24 heavy (non-hydrogen) atoms. The van der Waals surface area contributed by atoms with Crippen molar-refractivity contribution in [2.45, 2.75) is 37.3 Å². The summed E-state index contributed by atoms with van der Waals surface area (Å²) >= 11 is 0. The van der Waals surface area contributed by atoms with Gasteiger partial charge in [-0.3, -0.25) is 4.79 Å². The van der Waals surface area contributed by atoms with Crippen LogP contribution in [0.2, 0.25) is 0 Å². The molecular weight excluding hydrogens is 310 g/mol. The van der Waals surface area contributed by atoms with E-state index in [9.17, 15) is 9.90 Å². The molecule has 0 aliphatic heterocycles. The number of hydrogen-bond donors (Lipinski definition) is 3. The minimum Gasteiger partial charge on any atom is -0.494 e. The van der Waals surface area contributed by atoms with Gasteiger partial charge in [0, 0.05) is 12.0 Å². The van der Waals surface area contributed by atoms with Crippen LogP contribution in [0.5, 0.6) is 5.75 Å². The Bertz CT molecular complexity index is 735. The highest BCUT2D eigenvalue weighted by Gasteiger charge is 2.35. The van der Waals surface area contributed by atoms with Gasteiger partial charge in [0.05, 0.1) is 19.6 Å². The fourth-order valence-electron chi connectivity index (χ4n) is 3.10. The number of methoxy groups -OCH3 is 1. The molecule has 8 heteroatoms. The van der Waals surface area contributed by atoms with Crippen molar-refractivity contribution in [3.8, 4) is 11.4 Å². The first-order valence-electron chi connectivity index (χ1n) is 7.80. The van der Waals surface area contributed by atoms with Crippen molar-refractivity contribution in [2.75, 3.05) is 7.11 Å². The summed E-state index contributed by atoms with van der Waals surface area (Å²) in [5, 5.41) is 14.4. The van der Waals surface area contributed by atoms with Gasteiger partial charge >= 0.3 is 0 Å². The summed E-state index contributed by atoms with van der Waals surface area (Å²) in [4.78, 5) is 15.7. The normalized spacial score (nSPS) is 23.4. The molecule has 1 aliphatic rings. The number of rotatable bonds is 5. The van der Waals surface area contributed by atoms with Crippen LogP contribution in [-0.2, 0) is 11.2 Å². The van der Waals surface area contributed by atoms with Gasteiger partial charge < -0.3 is 21.3 Å². The van der Waals surface area contributed by atoms with Gasteiger partial charge in [-0.25, -0.2) is 9.67 Å². The zero-order chi connectivity index (χ0) is 17.3. The highest BCUT2D eigenvalue weighted by atomic mass is 16.5. The van der Waals surface area contributed by atoms with E-state index in [2.05, 4.69) is 10.1 Å². The Labute approximate surface area is 139 Å². The SMILES string of the molecule is COc1ccccc1-n1nc(CC(N)=O)nc1[C@H]1C[C@H](N)[C@@H](O)C1. The topological polar surface area (TPSA) is 129 Å². The summed E-state index contributed by atoms with van der Waals surface area (Å²) in [6.45, 7) is 0. The predicted molar refractivity (Wildman–Crippen MR) is 86.8 cm³/mol. The zero-order valence-electron chi connectivity index (χ0n) is 13.4. The second kappa shape index (κ2) is 6.58. The van der Waals surface area contributed by atoms with Crippen LogP contribution in [0.1, 0.15) is 30.4 Å². The molecule has 0 saturated heterocycles. The first-order chi connectivity index (χ1) is 11.5. The Morgan fingerprint density at radius 1 is 1.42 bits per heavy atom. The summed E-state index contributed by atoms with van der Waals surface area (Å²) in [6, 6.07) is 7.11. The lowest BCUT2D eigenvalue weighted by Gasteiger charge is -2.13. The Balaban J connectivity index is 2.06. The monoisotopic (exact) mass is 331 g/mol. The van der Waals surface area contributed by atoms with Crippen LogP contribution in [0.25, 0.3) is 5.69 Å². The zero-order valence-corrected chi connectivity index (χ0v) is 13.4.